The van der Waals surface area contributed by atoms with Gasteiger partial charge in [-0.1, -0.05) is 18.2 Å². The molecule has 1 atom stereocenters. The van der Waals surface area contributed by atoms with Crippen molar-refractivity contribution in [2.45, 2.75) is 19.3 Å². The number of carbonyl (C=O) groups is 1. The molecule has 0 N–H and O–H groups in total. The van der Waals surface area contributed by atoms with E-state index in [1.807, 2.05) is 44.4 Å². The number of likely N-dealkylation sites (N-methyl/N-ethyl adjacent to an activating group) is 1. The minimum atomic E-state index is 0.209. The van der Waals surface area contributed by atoms with Crippen LogP contribution >= 0.6 is 0 Å². The molecular formula is C20H31N3O2. The monoisotopic (exact) mass is 345 g/mol. The van der Waals surface area contributed by atoms with Crippen molar-refractivity contribution in [2.75, 3.05) is 60.0 Å². The standard InChI is InChI=1S/C20H31N3O2/c1-21(2)19(24)15-23-12-10-20(17-23)9-6-11-22(16-20)13-14-25-18-7-4-3-5-8-18/h3-5,7-8H,6,9-17H2,1-2H3/t20-/m1/s1. The summed E-state index contributed by atoms with van der Waals surface area (Å²) < 4.78 is 5.86. The summed E-state index contributed by atoms with van der Waals surface area (Å²) in [4.78, 5) is 18.5. The molecule has 25 heavy (non-hydrogen) atoms. The molecule has 5 heteroatoms. The zero-order chi connectivity index (χ0) is 17.7. The molecule has 5 nitrogen and oxygen atoms in total. The Morgan fingerprint density at radius 2 is 1.88 bits per heavy atom. The second kappa shape index (κ2) is 8.19. The molecule has 1 spiro atoms. The van der Waals surface area contributed by atoms with E-state index in [9.17, 15) is 4.79 Å². The number of carbonyl (C=O) groups excluding carboxylic acids is 1. The van der Waals surface area contributed by atoms with E-state index in [0.29, 0.717) is 12.0 Å². The molecular weight excluding hydrogens is 314 g/mol. The SMILES string of the molecule is CN(C)C(=O)CN1CC[C@@]2(CCCN(CCOc3ccccc3)C2)C1. The number of rotatable bonds is 6. The van der Waals surface area contributed by atoms with Crippen molar-refractivity contribution >= 4 is 5.91 Å². The molecule has 1 aromatic rings. The third kappa shape index (κ3) is 4.95. The topological polar surface area (TPSA) is 36.0 Å². The maximum atomic E-state index is 12.0. The van der Waals surface area contributed by atoms with Crippen LogP contribution in [0.3, 0.4) is 0 Å². The van der Waals surface area contributed by atoms with Crippen LogP contribution in [0.25, 0.3) is 0 Å². The molecule has 1 amide bonds. The number of nitrogens with zero attached hydrogens (tertiary/aromatic N) is 3. The predicted octanol–water partition coefficient (Wildman–Crippen LogP) is 1.94. The lowest BCUT2D eigenvalue weighted by molar-refractivity contribution is -0.129. The molecule has 0 aliphatic carbocycles. The van der Waals surface area contributed by atoms with Crippen molar-refractivity contribution in [1.82, 2.24) is 14.7 Å². The molecule has 0 unspecified atom stereocenters. The number of benzene rings is 1. The van der Waals surface area contributed by atoms with Gasteiger partial charge < -0.3 is 9.64 Å². The molecule has 0 saturated carbocycles. The number of hydrogen-bond donors (Lipinski definition) is 0. The van der Waals surface area contributed by atoms with E-state index in [1.165, 1.54) is 19.3 Å². The Bertz CT molecular complexity index is 563. The van der Waals surface area contributed by atoms with Crippen molar-refractivity contribution in [3.63, 3.8) is 0 Å². The molecule has 0 radical (unpaired) electrons. The van der Waals surface area contributed by atoms with Gasteiger partial charge in [-0.3, -0.25) is 14.6 Å². The highest BCUT2D eigenvalue weighted by Crippen LogP contribution is 2.38. The first-order chi connectivity index (χ1) is 12.1. The summed E-state index contributed by atoms with van der Waals surface area (Å²) in [6.07, 6.45) is 3.75. The summed E-state index contributed by atoms with van der Waals surface area (Å²) in [7, 11) is 3.67. The van der Waals surface area contributed by atoms with Crippen molar-refractivity contribution in [1.29, 1.82) is 0 Å². The minimum Gasteiger partial charge on any atom is -0.492 e. The zero-order valence-corrected chi connectivity index (χ0v) is 15.6. The third-order valence-electron chi connectivity index (χ3n) is 5.53. The van der Waals surface area contributed by atoms with Gasteiger partial charge in [-0.2, -0.15) is 0 Å². The molecule has 2 saturated heterocycles. The van der Waals surface area contributed by atoms with Gasteiger partial charge in [-0.05, 0) is 49.9 Å². The van der Waals surface area contributed by atoms with Crippen LogP contribution in [-0.2, 0) is 4.79 Å². The Morgan fingerprint density at radius 1 is 1.12 bits per heavy atom. The van der Waals surface area contributed by atoms with Crippen LogP contribution in [-0.4, -0.2) is 80.6 Å². The van der Waals surface area contributed by atoms with Gasteiger partial charge in [-0.25, -0.2) is 0 Å². The van der Waals surface area contributed by atoms with Gasteiger partial charge in [0.25, 0.3) is 0 Å². The normalized spacial score (nSPS) is 24.6. The lowest BCUT2D eigenvalue weighted by Crippen LogP contribution is -2.46. The van der Waals surface area contributed by atoms with Gasteiger partial charge in [0.1, 0.15) is 12.4 Å². The maximum Gasteiger partial charge on any atom is 0.236 e. The van der Waals surface area contributed by atoms with Crippen LogP contribution in [0.5, 0.6) is 5.75 Å². The highest BCUT2D eigenvalue weighted by molar-refractivity contribution is 5.77. The highest BCUT2D eigenvalue weighted by Gasteiger charge is 2.41. The van der Waals surface area contributed by atoms with Crippen molar-refractivity contribution in [2.24, 2.45) is 5.41 Å². The molecule has 2 heterocycles. The largest absolute Gasteiger partial charge is 0.492 e. The summed E-state index contributed by atoms with van der Waals surface area (Å²) in [5.74, 6) is 1.16. The first kappa shape index (κ1) is 18.2. The number of piperidine rings is 1. The molecule has 2 aliphatic heterocycles. The molecule has 2 fully saturated rings. The van der Waals surface area contributed by atoms with Gasteiger partial charge in [0, 0.05) is 33.7 Å². The van der Waals surface area contributed by atoms with E-state index in [0.717, 1.165) is 45.1 Å². The van der Waals surface area contributed by atoms with Crippen LogP contribution in [0, 0.1) is 5.41 Å². The fourth-order valence-corrected chi connectivity index (χ4v) is 4.14. The van der Waals surface area contributed by atoms with Crippen molar-refractivity contribution in [3.8, 4) is 5.75 Å². The minimum absolute atomic E-state index is 0.209. The third-order valence-corrected chi connectivity index (χ3v) is 5.53. The van der Waals surface area contributed by atoms with Gasteiger partial charge in [0.15, 0.2) is 0 Å². The fraction of sp³-hybridized carbons (Fsp3) is 0.650. The summed E-state index contributed by atoms with van der Waals surface area (Å²) in [5.41, 5.74) is 0.373. The van der Waals surface area contributed by atoms with E-state index < -0.39 is 0 Å². The van der Waals surface area contributed by atoms with Gasteiger partial charge in [-0.15, -0.1) is 0 Å². The first-order valence-corrected chi connectivity index (χ1v) is 9.39. The number of hydrogen-bond acceptors (Lipinski definition) is 4. The van der Waals surface area contributed by atoms with E-state index in [-0.39, 0.29) is 5.91 Å². The molecule has 0 aromatic heterocycles. The molecule has 3 rings (SSSR count). The predicted molar refractivity (Wildman–Crippen MR) is 99.8 cm³/mol. The Morgan fingerprint density at radius 3 is 2.64 bits per heavy atom. The quantitative estimate of drug-likeness (QED) is 0.789. The van der Waals surface area contributed by atoms with Crippen molar-refractivity contribution < 1.29 is 9.53 Å². The second-order valence-electron chi connectivity index (χ2n) is 7.79. The van der Waals surface area contributed by atoms with Crippen LogP contribution in [0.2, 0.25) is 0 Å². The van der Waals surface area contributed by atoms with E-state index in [4.69, 9.17) is 4.74 Å². The zero-order valence-electron chi connectivity index (χ0n) is 15.6. The Labute approximate surface area is 151 Å². The number of para-hydroxylation sites is 1. The van der Waals surface area contributed by atoms with E-state index >= 15 is 0 Å². The first-order valence-electron chi connectivity index (χ1n) is 9.39. The van der Waals surface area contributed by atoms with Gasteiger partial charge >= 0.3 is 0 Å². The van der Waals surface area contributed by atoms with Gasteiger partial charge in [0.2, 0.25) is 5.91 Å². The smallest absolute Gasteiger partial charge is 0.236 e. The van der Waals surface area contributed by atoms with E-state index in [1.54, 1.807) is 4.90 Å². The molecule has 138 valence electrons. The number of likely N-dealkylation sites (tertiary alicyclic amines) is 2. The molecule has 1 aromatic carbocycles. The van der Waals surface area contributed by atoms with Crippen LogP contribution < -0.4 is 4.74 Å². The van der Waals surface area contributed by atoms with Crippen LogP contribution in [0.1, 0.15) is 19.3 Å². The van der Waals surface area contributed by atoms with Gasteiger partial charge in [0.05, 0.1) is 6.54 Å². The summed E-state index contributed by atoms with van der Waals surface area (Å²) in [6.45, 7) is 6.69. The van der Waals surface area contributed by atoms with E-state index in [2.05, 4.69) is 9.80 Å². The molecule has 2 aliphatic rings. The average molecular weight is 345 g/mol. The van der Waals surface area contributed by atoms with Crippen LogP contribution in [0.4, 0.5) is 0 Å². The lowest BCUT2D eigenvalue weighted by atomic mass is 9.79. The Kier molecular flexibility index (Phi) is 5.97. The number of amides is 1. The second-order valence-corrected chi connectivity index (χ2v) is 7.79. The summed E-state index contributed by atoms with van der Waals surface area (Å²) >= 11 is 0. The Hall–Kier alpha value is -1.59. The maximum absolute atomic E-state index is 12.0. The highest BCUT2D eigenvalue weighted by atomic mass is 16.5. The molecule has 0 bridgehead atoms. The van der Waals surface area contributed by atoms with Crippen molar-refractivity contribution in [3.05, 3.63) is 30.3 Å². The number of ether oxygens (including phenoxy) is 1. The van der Waals surface area contributed by atoms with Crippen LogP contribution in [0.15, 0.2) is 30.3 Å². The summed E-state index contributed by atoms with van der Waals surface area (Å²) in [5, 5.41) is 0. The average Bonchev–Trinajstić information content (AvgIpc) is 2.97. The lowest BCUT2D eigenvalue weighted by Gasteiger charge is -2.40. The summed E-state index contributed by atoms with van der Waals surface area (Å²) in [6, 6.07) is 10.0. The Balaban J connectivity index is 1.45. The fourth-order valence-electron chi connectivity index (χ4n) is 4.14.